The van der Waals surface area contributed by atoms with E-state index in [1.165, 1.54) is 57.8 Å². The van der Waals surface area contributed by atoms with Crippen molar-refractivity contribution in [3.05, 3.63) is 0 Å². The third kappa shape index (κ3) is 2.22. The van der Waals surface area contributed by atoms with E-state index in [1.54, 1.807) is 6.42 Å². The van der Waals surface area contributed by atoms with Gasteiger partial charge in [0.15, 0.2) is 0 Å². The second-order valence-corrected chi connectivity index (χ2v) is 6.14. The smallest absolute Gasteiger partial charge is 0.0101 e. The Hall–Kier alpha value is -0.0400. The van der Waals surface area contributed by atoms with Crippen LogP contribution in [0.4, 0.5) is 0 Å². The van der Waals surface area contributed by atoms with Gasteiger partial charge in [-0.1, -0.05) is 32.1 Å². The van der Waals surface area contributed by atoms with E-state index in [4.69, 9.17) is 0 Å². The van der Waals surface area contributed by atoms with Gasteiger partial charge in [0.05, 0.1) is 0 Å². The normalized spacial score (nSPS) is 42.0. The van der Waals surface area contributed by atoms with Crippen LogP contribution in [0.5, 0.6) is 0 Å². The molecular formula is C14H25N. The average molecular weight is 207 g/mol. The minimum atomic E-state index is 0.872. The lowest BCUT2D eigenvalue weighted by Crippen LogP contribution is -2.41. The molecule has 15 heavy (non-hydrogen) atoms. The van der Waals surface area contributed by atoms with Gasteiger partial charge in [-0.05, 0) is 43.9 Å². The Morgan fingerprint density at radius 1 is 0.733 bits per heavy atom. The summed E-state index contributed by atoms with van der Waals surface area (Å²) >= 11 is 0. The van der Waals surface area contributed by atoms with Gasteiger partial charge in [-0.3, -0.25) is 0 Å². The van der Waals surface area contributed by atoms with Crippen LogP contribution in [-0.4, -0.2) is 12.1 Å². The SMILES string of the molecule is C1CCCC(NC2CC3CCC2C3)CC1. The summed E-state index contributed by atoms with van der Waals surface area (Å²) in [6, 6.07) is 1.78. The summed E-state index contributed by atoms with van der Waals surface area (Å²) in [4.78, 5) is 0. The fourth-order valence-electron chi connectivity index (χ4n) is 4.20. The second kappa shape index (κ2) is 4.45. The molecule has 2 bridgehead atoms. The predicted molar refractivity (Wildman–Crippen MR) is 63.9 cm³/mol. The zero-order valence-electron chi connectivity index (χ0n) is 9.88. The Kier molecular flexibility index (Phi) is 3.01. The molecule has 86 valence electrons. The van der Waals surface area contributed by atoms with E-state index < -0.39 is 0 Å². The molecule has 3 atom stereocenters. The molecular weight excluding hydrogens is 182 g/mol. The van der Waals surface area contributed by atoms with Crippen LogP contribution < -0.4 is 5.32 Å². The van der Waals surface area contributed by atoms with Crippen LogP contribution in [0.2, 0.25) is 0 Å². The van der Waals surface area contributed by atoms with Crippen LogP contribution in [0.3, 0.4) is 0 Å². The third-order valence-electron chi connectivity index (χ3n) is 5.04. The van der Waals surface area contributed by atoms with Crippen LogP contribution in [-0.2, 0) is 0 Å². The molecule has 3 saturated carbocycles. The monoisotopic (exact) mass is 207 g/mol. The quantitative estimate of drug-likeness (QED) is 0.684. The van der Waals surface area contributed by atoms with Crippen molar-refractivity contribution in [2.45, 2.75) is 76.3 Å². The zero-order chi connectivity index (χ0) is 10.1. The first-order valence-corrected chi connectivity index (χ1v) is 7.18. The molecule has 0 aromatic rings. The van der Waals surface area contributed by atoms with E-state index in [0.717, 1.165) is 23.9 Å². The Morgan fingerprint density at radius 2 is 1.53 bits per heavy atom. The van der Waals surface area contributed by atoms with Crippen molar-refractivity contribution in [1.82, 2.24) is 5.32 Å². The highest BCUT2D eigenvalue weighted by molar-refractivity contribution is 4.95. The Balaban J connectivity index is 1.51. The van der Waals surface area contributed by atoms with Crippen molar-refractivity contribution in [3.63, 3.8) is 0 Å². The molecule has 0 aromatic heterocycles. The molecule has 0 saturated heterocycles. The largest absolute Gasteiger partial charge is 0.311 e. The topological polar surface area (TPSA) is 12.0 Å². The molecule has 3 unspecified atom stereocenters. The fourth-order valence-corrected chi connectivity index (χ4v) is 4.20. The number of hydrogen-bond acceptors (Lipinski definition) is 1. The first kappa shape index (κ1) is 10.1. The Bertz CT molecular complexity index is 205. The highest BCUT2D eigenvalue weighted by Crippen LogP contribution is 2.44. The van der Waals surface area contributed by atoms with E-state index in [0.29, 0.717) is 0 Å². The first-order valence-electron chi connectivity index (χ1n) is 7.18. The molecule has 3 aliphatic carbocycles. The average Bonchev–Trinajstić information content (AvgIpc) is 2.75. The summed E-state index contributed by atoms with van der Waals surface area (Å²) in [5.41, 5.74) is 0. The van der Waals surface area contributed by atoms with Crippen LogP contribution in [0.15, 0.2) is 0 Å². The zero-order valence-corrected chi connectivity index (χ0v) is 9.88. The van der Waals surface area contributed by atoms with Gasteiger partial charge in [0.1, 0.15) is 0 Å². The van der Waals surface area contributed by atoms with Gasteiger partial charge in [0, 0.05) is 12.1 Å². The van der Waals surface area contributed by atoms with Gasteiger partial charge in [-0.25, -0.2) is 0 Å². The fraction of sp³-hybridized carbons (Fsp3) is 1.00. The van der Waals surface area contributed by atoms with E-state index in [2.05, 4.69) is 5.32 Å². The molecule has 0 heterocycles. The molecule has 3 fully saturated rings. The first-order chi connectivity index (χ1) is 7.42. The lowest BCUT2D eigenvalue weighted by atomic mass is 9.94. The number of rotatable bonds is 2. The van der Waals surface area contributed by atoms with E-state index in [1.807, 2.05) is 0 Å². The van der Waals surface area contributed by atoms with Gasteiger partial charge in [0.25, 0.3) is 0 Å². The van der Waals surface area contributed by atoms with E-state index in [-0.39, 0.29) is 0 Å². The van der Waals surface area contributed by atoms with Crippen LogP contribution >= 0.6 is 0 Å². The molecule has 1 heteroatoms. The van der Waals surface area contributed by atoms with Gasteiger partial charge in [0.2, 0.25) is 0 Å². The van der Waals surface area contributed by atoms with Crippen LogP contribution in [0.1, 0.15) is 64.2 Å². The number of fused-ring (bicyclic) bond motifs is 2. The molecule has 0 radical (unpaired) electrons. The van der Waals surface area contributed by atoms with Crippen molar-refractivity contribution in [2.75, 3.05) is 0 Å². The molecule has 3 aliphatic rings. The van der Waals surface area contributed by atoms with Crippen LogP contribution in [0, 0.1) is 11.8 Å². The highest BCUT2D eigenvalue weighted by Gasteiger charge is 2.39. The minimum Gasteiger partial charge on any atom is -0.311 e. The lowest BCUT2D eigenvalue weighted by molar-refractivity contribution is 0.303. The Morgan fingerprint density at radius 3 is 2.13 bits per heavy atom. The Labute approximate surface area is 94.0 Å². The summed E-state index contributed by atoms with van der Waals surface area (Å²) in [5, 5.41) is 3.99. The maximum absolute atomic E-state index is 3.99. The minimum absolute atomic E-state index is 0.872. The number of hydrogen-bond donors (Lipinski definition) is 1. The molecule has 3 rings (SSSR count). The van der Waals surface area contributed by atoms with Gasteiger partial charge >= 0.3 is 0 Å². The lowest BCUT2D eigenvalue weighted by Gasteiger charge is -2.28. The van der Waals surface area contributed by atoms with Crippen molar-refractivity contribution in [1.29, 1.82) is 0 Å². The molecule has 1 N–H and O–H groups in total. The molecule has 0 amide bonds. The summed E-state index contributed by atoms with van der Waals surface area (Å²) < 4.78 is 0. The van der Waals surface area contributed by atoms with E-state index >= 15 is 0 Å². The molecule has 1 nitrogen and oxygen atoms in total. The third-order valence-corrected chi connectivity index (χ3v) is 5.04. The van der Waals surface area contributed by atoms with Crippen molar-refractivity contribution in [2.24, 2.45) is 11.8 Å². The highest BCUT2D eigenvalue weighted by atomic mass is 15.0. The van der Waals surface area contributed by atoms with Crippen molar-refractivity contribution < 1.29 is 0 Å². The van der Waals surface area contributed by atoms with Gasteiger partial charge in [-0.2, -0.15) is 0 Å². The maximum Gasteiger partial charge on any atom is 0.0101 e. The predicted octanol–water partition coefficient (Wildman–Crippen LogP) is 3.49. The van der Waals surface area contributed by atoms with Gasteiger partial charge in [-0.15, -0.1) is 0 Å². The summed E-state index contributed by atoms with van der Waals surface area (Å²) in [6.45, 7) is 0. The van der Waals surface area contributed by atoms with Crippen LogP contribution in [0.25, 0.3) is 0 Å². The summed E-state index contributed by atoms with van der Waals surface area (Å²) in [6.07, 6.45) is 14.9. The summed E-state index contributed by atoms with van der Waals surface area (Å²) in [7, 11) is 0. The number of nitrogens with one attached hydrogen (secondary N) is 1. The molecule has 0 aliphatic heterocycles. The standard InChI is InChI=1S/C14H25N/c1-2-4-6-13(5-3-1)15-14-10-11-7-8-12(14)9-11/h11-15H,1-10H2. The van der Waals surface area contributed by atoms with Crippen molar-refractivity contribution in [3.8, 4) is 0 Å². The maximum atomic E-state index is 3.99. The van der Waals surface area contributed by atoms with Gasteiger partial charge < -0.3 is 5.32 Å². The molecule has 0 spiro atoms. The molecule has 0 aromatic carbocycles. The second-order valence-electron chi connectivity index (χ2n) is 6.14. The van der Waals surface area contributed by atoms with Crippen molar-refractivity contribution >= 4 is 0 Å². The van der Waals surface area contributed by atoms with E-state index in [9.17, 15) is 0 Å². The summed E-state index contributed by atoms with van der Waals surface area (Å²) in [5.74, 6) is 2.15.